The fraction of sp³-hybridized carbons (Fsp3) is 0.167. The number of amides is 1. The Morgan fingerprint density at radius 1 is 1.47 bits per heavy atom. The number of phenols is 1. The number of hydrogen-bond acceptors (Lipinski definition) is 4. The number of carbonyl (C=O) groups is 1. The van der Waals surface area contributed by atoms with Gasteiger partial charge in [0, 0.05) is 17.8 Å². The highest BCUT2D eigenvalue weighted by Gasteiger charge is 2.17. The largest absolute Gasteiger partial charge is 0.506 e. The summed E-state index contributed by atoms with van der Waals surface area (Å²) in [6, 6.07) is 4.34. The molecule has 0 radical (unpaired) electrons. The molecule has 1 aromatic carbocycles. The molecule has 0 spiro atoms. The molecular weight excluding hydrogens is 288 g/mol. The van der Waals surface area contributed by atoms with E-state index < -0.39 is 5.91 Å². The van der Waals surface area contributed by atoms with Gasteiger partial charge in [-0.3, -0.25) is 9.59 Å². The van der Waals surface area contributed by atoms with Crippen molar-refractivity contribution in [1.82, 2.24) is 4.57 Å². The van der Waals surface area contributed by atoms with Gasteiger partial charge in [-0.1, -0.05) is 22.9 Å². The maximum atomic E-state index is 12.1. The minimum Gasteiger partial charge on any atom is -0.506 e. The van der Waals surface area contributed by atoms with E-state index in [2.05, 4.69) is 5.32 Å². The standard InChI is InChI=1S/C12H11ClN2O3S/c1-6-10(19-12(18)15(6)2)11(17)14-8-5-7(13)3-4-9(8)16/h3-5,16H,1-2H3,(H,14,17). The van der Waals surface area contributed by atoms with Gasteiger partial charge in [-0.2, -0.15) is 0 Å². The summed E-state index contributed by atoms with van der Waals surface area (Å²) in [6.45, 7) is 1.69. The number of nitrogens with zero attached hydrogens (tertiary/aromatic N) is 1. The SMILES string of the molecule is Cc1c(C(=O)Nc2cc(Cl)ccc2O)sc(=O)n1C. The maximum Gasteiger partial charge on any atom is 0.307 e. The zero-order valence-corrected chi connectivity index (χ0v) is 11.8. The summed E-state index contributed by atoms with van der Waals surface area (Å²) in [7, 11) is 1.60. The molecule has 7 heteroatoms. The summed E-state index contributed by atoms with van der Waals surface area (Å²) < 4.78 is 1.40. The van der Waals surface area contributed by atoms with Gasteiger partial charge in [0.1, 0.15) is 10.6 Å². The van der Waals surface area contributed by atoms with Crippen molar-refractivity contribution in [3.63, 3.8) is 0 Å². The van der Waals surface area contributed by atoms with Gasteiger partial charge in [0.2, 0.25) is 0 Å². The number of nitrogens with one attached hydrogen (secondary N) is 1. The van der Waals surface area contributed by atoms with Gasteiger partial charge in [-0.15, -0.1) is 0 Å². The molecule has 5 nitrogen and oxygen atoms in total. The van der Waals surface area contributed by atoms with Crippen LogP contribution in [0.1, 0.15) is 15.4 Å². The van der Waals surface area contributed by atoms with Gasteiger partial charge in [0.15, 0.2) is 0 Å². The summed E-state index contributed by atoms with van der Waals surface area (Å²) in [5.74, 6) is -0.531. The van der Waals surface area contributed by atoms with Crippen molar-refractivity contribution in [2.24, 2.45) is 7.05 Å². The third-order valence-electron chi connectivity index (χ3n) is 2.71. The van der Waals surface area contributed by atoms with E-state index in [1.54, 1.807) is 14.0 Å². The fourth-order valence-corrected chi connectivity index (χ4v) is 2.57. The van der Waals surface area contributed by atoms with Crippen molar-refractivity contribution in [3.8, 4) is 5.75 Å². The molecule has 2 aromatic rings. The monoisotopic (exact) mass is 298 g/mol. The number of rotatable bonds is 2. The number of benzene rings is 1. The zero-order valence-electron chi connectivity index (χ0n) is 10.2. The Hall–Kier alpha value is -1.79. The van der Waals surface area contributed by atoms with Crippen molar-refractivity contribution >= 4 is 34.5 Å². The van der Waals surface area contributed by atoms with Gasteiger partial charge >= 0.3 is 4.87 Å². The Morgan fingerprint density at radius 3 is 2.74 bits per heavy atom. The molecule has 1 heterocycles. The van der Waals surface area contributed by atoms with Gasteiger partial charge < -0.3 is 15.0 Å². The van der Waals surface area contributed by atoms with Crippen molar-refractivity contribution in [2.75, 3.05) is 5.32 Å². The molecule has 0 aliphatic carbocycles. The molecule has 0 aliphatic rings. The van der Waals surface area contributed by atoms with Crippen molar-refractivity contribution in [2.45, 2.75) is 6.92 Å². The first-order chi connectivity index (χ1) is 8.90. The smallest absolute Gasteiger partial charge is 0.307 e. The molecule has 0 fully saturated rings. The summed E-state index contributed by atoms with van der Waals surface area (Å²) in [5.41, 5.74) is 0.786. The molecule has 1 amide bonds. The second kappa shape index (κ2) is 5.07. The Kier molecular flexibility index (Phi) is 3.64. The molecule has 2 N–H and O–H groups in total. The molecule has 0 atom stereocenters. The molecule has 2 rings (SSSR count). The summed E-state index contributed by atoms with van der Waals surface area (Å²) in [4.78, 5) is 23.6. The van der Waals surface area contributed by atoms with Crippen LogP contribution >= 0.6 is 22.9 Å². The molecule has 100 valence electrons. The van der Waals surface area contributed by atoms with Gasteiger partial charge in [-0.25, -0.2) is 0 Å². The predicted octanol–water partition coefficient (Wildman–Crippen LogP) is 2.37. The molecule has 0 saturated carbocycles. The Bertz CT molecular complexity index is 705. The molecule has 0 aliphatic heterocycles. The summed E-state index contributed by atoms with van der Waals surface area (Å²) >= 11 is 6.65. The predicted molar refractivity (Wildman–Crippen MR) is 75.4 cm³/mol. The van der Waals surface area contributed by atoms with Crippen LogP contribution in [0, 0.1) is 6.92 Å². The Morgan fingerprint density at radius 2 is 2.16 bits per heavy atom. The molecule has 0 saturated heterocycles. The number of carbonyl (C=O) groups excluding carboxylic acids is 1. The molecule has 1 aromatic heterocycles. The van der Waals surface area contributed by atoms with Crippen LogP contribution in [0.4, 0.5) is 5.69 Å². The highest BCUT2D eigenvalue weighted by atomic mass is 35.5. The third kappa shape index (κ3) is 2.64. The number of phenolic OH excluding ortho intramolecular Hbond substituents is 1. The average molecular weight is 299 g/mol. The minimum absolute atomic E-state index is 0.0846. The normalized spacial score (nSPS) is 10.5. The number of anilines is 1. The van der Waals surface area contributed by atoms with E-state index in [-0.39, 0.29) is 16.3 Å². The Labute approximate surface area is 118 Å². The second-order valence-electron chi connectivity index (χ2n) is 3.96. The van der Waals surface area contributed by atoms with Gasteiger partial charge in [0.05, 0.1) is 5.69 Å². The number of aromatic nitrogens is 1. The van der Waals surface area contributed by atoms with E-state index in [0.29, 0.717) is 15.6 Å². The van der Waals surface area contributed by atoms with Crippen LogP contribution in [0.15, 0.2) is 23.0 Å². The lowest BCUT2D eigenvalue weighted by Crippen LogP contribution is -2.13. The van der Waals surface area contributed by atoms with Crippen molar-refractivity contribution in [3.05, 3.63) is 43.5 Å². The lowest BCUT2D eigenvalue weighted by atomic mass is 10.2. The van der Waals surface area contributed by atoms with Crippen molar-refractivity contribution in [1.29, 1.82) is 0 Å². The first-order valence-electron chi connectivity index (χ1n) is 5.36. The van der Waals surface area contributed by atoms with E-state index in [1.165, 1.54) is 22.8 Å². The zero-order chi connectivity index (χ0) is 14.2. The van der Waals surface area contributed by atoms with Crippen LogP contribution in [0.3, 0.4) is 0 Å². The second-order valence-corrected chi connectivity index (χ2v) is 5.36. The third-order valence-corrected chi connectivity index (χ3v) is 4.08. The van der Waals surface area contributed by atoms with E-state index in [9.17, 15) is 14.7 Å². The molecular formula is C12H11ClN2O3S. The number of aromatic hydroxyl groups is 1. The minimum atomic E-state index is -0.447. The van der Waals surface area contributed by atoms with Crippen LogP contribution in [0.5, 0.6) is 5.75 Å². The quantitative estimate of drug-likeness (QED) is 0.836. The maximum absolute atomic E-state index is 12.1. The molecule has 0 bridgehead atoms. The number of halogens is 1. The van der Waals surface area contributed by atoms with E-state index in [1.807, 2.05) is 0 Å². The average Bonchev–Trinajstić information content (AvgIpc) is 2.62. The molecule has 0 unspecified atom stereocenters. The Balaban J connectivity index is 2.33. The first kappa shape index (κ1) is 13.6. The van der Waals surface area contributed by atoms with E-state index in [0.717, 1.165) is 11.3 Å². The van der Waals surface area contributed by atoms with Gasteiger partial charge in [-0.05, 0) is 25.1 Å². The van der Waals surface area contributed by atoms with Crippen molar-refractivity contribution < 1.29 is 9.90 Å². The molecule has 19 heavy (non-hydrogen) atoms. The van der Waals surface area contributed by atoms with Gasteiger partial charge in [0.25, 0.3) is 5.91 Å². The topological polar surface area (TPSA) is 71.3 Å². The van der Waals surface area contributed by atoms with Crippen LogP contribution in [-0.4, -0.2) is 15.6 Å². The fourth-order valence-electron chi connectivity index (χ4n) is 1.52. The van der Waals surface area contributed by atoms with E-state index >= 15 is 0 Å². The summed E-state index contributed by atoms with van der Waals surface area (Å²) in [6.07, 6.45) is 0. The highest BCUT2D eigenvalue weighted by molar-refractivity contribution is 7.11. The van der Waals surface area contributed by atoms with Crippen LogP contribution in [0.2, 0.25) is 5.02 Å². The number of hydrogen-bond donors (Lipinski definition) is 2. The number of thiazole rings is 1. The summed E-state index contributed by atoms with van der Waals surface area (Å²) in [5, 5.41) is 12.6. The van der Waals surface area contributed by atoms with Crippen LogP contribution < -0.4 is 10.2 Å². The highest BCUT2D eigenvalue weighted by Crippen LogP contribution is 2.27. The van der Waals surface area contributed by atoms with Crippen LogP contribution in [-0.2, 0) is 7.05 Å². The lowest BCUT2D eigenvalue weighted by Gasteiger charge is -2.07. The first-order valence-corrected chi connectivity index (χ1v) is 6.56. The van der Waals surface area contributed by atoms with Crippen LogP contribution in [0.25, 0.3) is 0 Å². The van der Waals surface area contributed by atoms with E-state index in [4.69, 9.17) is 11.6 Å². The lowest BCUT2D eigenvalue weighted by molar-refractivity contribution is 0.102.